The highest BCUT2D eigenvalue weighted by Gasteiger charge is 2.52. The van der Waals surface area contributed by atoms with Crippen LogP contribution in [-0.4, -0.2) is 98.0 Å². The lowest BCUT2D eigenvalue weighted by Crippen LogP contribution is -2.66. The summed E-state index contributed by atoms with van der Waals surface area (Å²) in [6, 6.07) is 0.841. The van der Waals surface area contributed by atoms with E-state index in [0.29, 0.717) is 13.2 Å². The summed E-state index contributed by atoms with van der Waals surface area (Å²) in [6.07, 6.45) is -0.816. The average molecular weight is 671 g/mol. The summed E-state index contributed by atoms with van der Waals surface area (Å²) in [5.74, 6) is 0. The molecule has 0 bridgehead atoms. The summed E-state index contributed by atoms with van der Waals surface area (Å²) in [5.41, 5.74) is 0. The SMILES string of the molecule is CC(C)O[Si](C)(CCCOC1O[C@H](CO[Si](C)(C)C)[C@@H](O[Si](C)(C)C)[C@H](O[Si](C)(C)C)[C@H]1O[Si](C)(C)C)OC(C)C. The molecular weight excluding hydrogens is 605 g/mol. The first kappa shape index (κ1) is 39.8. The van der Waals surface area contributed by atoms with E-state index in [1.807, 2.05) is 0 Å². The standard InChI is InChI=1S/C28H66O8Si5/c1-22(2)32-41(17,33-23(3)4)20-18-19-29-28-27(36-40(14,15)16)26(35-39(11,12)13)25(34-38(8,9)10)24(31-28)21-30-37(5,6)7/h22-28H,18-21H2,1-17H3/t24-,25-,26+,27-,28?/m1/s1. The van der Waals surface area contributed by atoms with Crippen LogP contribution in [0.3, 0.4) is 0 Å². The molecule has 0 radical (unpaired) electrons. The fourth-order valence-electron chi connectivity index (χ4n) is 4.84. The zero-order valence-electron chi connectivity index (χ0n) is 29.6. The summed E-state index contributed by atoms with van der Waals surface area (Å²) < 4.78 is 53.0. The van der Waals surface area contributed by atoms with Gasteiger partial charge in [0, 0.05) is 18.8 Å². The molecule has 0 aromatic heterocycles. The fourth-order valence-corrected chi connectivity index (χ4v) is 11.8. The molecule has 1 aliphatic rings. The lowest BCUT2D eigenvalue weighted by molar-refractivity contribution is -0.290. The lowest BCUT2D eigenvalue weighted by atomic mass is 9.99. The van der Waals surface area contributed by atoms with Gasteiger partial charge in [-0.1, -0.05) is 0 Å². The summed E-state index contributed by atoms with van der Waals surface area (Å²) in [6.45, 7) is 37.9. The third-order valence-electron chi connectivity index (χ3n) is 5.77. The maximum atomic E-state index is 6.93. The Kier molecular flexibility index (Phi) is 15.4. The molecule has 41 heavy (non-hydrogen) atoms. The summed E-state index contributed by atoms with van der Waals surface area (Å²) in [5, 5.41) is 0. The zero-order chi connectivity index (χ0) is 32.0. The summed E-state index contributed by atoms with van der Waals surface area (Å²) >= 11 is 0. The molecule has 0 spiro atoms. The van der Waals surface area contributed by atoms with Gasteiger partial charge in [-0.3, -0.25) is 0 Å². The van der Waals surface area contributed by atoms with Gasteiger partial charge in [0.2, 0.25) is 0 Å². The minimum atomic E-state index is -2.34. The Morgan fingerprint density at radius 3 is 1.44 bits per heavy atom. The molecule has 0 amide bonds. The average Bonchev–Trinajstić information content (AvgIpc) is 2.69. The van der Waals surface area contributed by atoms with Gasteiger partial charge in [0.05, 0.1) is 6.61 Å². The third kappa shape index (κ3) is 17.1. The maximum Gasteiger partial charge on any atom is 0.335 e. The molecule has 0 aromatic rings. The molecule has 1 rings (SSSR count). The van der Waals surface area contributed by atoms with Crippen molar-refractivity contribution < 1.29 is 36.0 Å². The van der Waals surface area contributed by atoms with Crippen LogP contribution in [0, 0.1) is 0 Å². The van der Waals surface area contributed by atoms with E-state index >= 15 is 0 Å². The monoisotopic (exact) mass is 670 g/mol. The van der Waals surface area contributed by atoms with Crippen LogP contribution in [0.25, 0.3) is 0 Å². The molecule has 13 heteroatoms. The van der Waals surface area contributed by atoms with Crippen LogP contribution in [0.15, 0.2) is 0 Å². The van der Waals surface area contributed by atoms with E-state index in [1.54, 1.807) is 0 Å². The second-order valence-electron chi connectivity index (χ2n) is 16.0. The molecule has 246 valence electrons. The fraction of sp³-hybridized carbons (Fsp3) is 1.00. The van der Waals surface area contributed by atoms with Gasteiger partial charge < -0.3 is 36.0 Å². The molecule has 1 aliphatic heterocycles. The molecule has 0 N–H and O–H groups in total. The first-order valence-corrected chi connectivity index (χ1v) is 31.7. The number of hydrogen-bond donors (Lipinski definition) is 0. The first-order chi connectivity index (χ1) is 18.3. The molecule has 1 saturated heterocycles. The highest BCUT2D eigenvalue weighted by atomic mass is 28.4. The smallest absolute Gasteiger partial charge is 0.335 e. The van der Waals surface area contributed by atoms with Crippen molar-refractivity contribution in [1.82, 2.24) is 0 Å². The molecular formula is C28H66O8Si5. The molecule has 8 nitrogen and oxygen atoms in total. The van der Waals surface area contributed by atoms with Crippen molar-refractivity contribution >= 4 is 41.8 Å². The Bertz CT molecular complexity index is 749. The molecule has 0 aliphatic carbocycles. The predicted molar refractivity (Wildman–Crippen MR) is 182 cm³/mol. The van der Waals surface area contributed by atoms with Gasteiger partial charge >= 0.3 is 8.56 Å². The van der Waals surface area contributed by atoms with Gasteiger partial charge in [0.25, 0.3) is 0 Å². The van der Waals surface area contributed by atoms with Crippen molar-refractivity contribution in [3.63, 3.8) is 0 Å². The number of ether oxygens (including phenoxy) is 2. The first-order valence-electron chi connectivity index (χ1n) is 15.6. The van der Waals surface area contributed by atoms with E-state index in [-0.39, 0.29) is 36.6 Å². The zero-order valence-corrected chi connectivity index (χ0v) is 34.6. The van der Waals surface area contributed by atoms with Crippen LogP contribution >= 0.6 is 0 Å². The van der Waals surface area contributed by atoms with E-state index in [2.05, 4.69) is 113 Å². The van der Waals surface area contributed by atoms with E-state index in [9.17, 15) is 0 Å². The highest BCUT2D eigenvalue weighted by molar-refractivity contribution is 6.71. The maximum absolute atomic E-state index is 6.93. The minimum absolute atomic E-state index is 0.123. The van der Waals surface area contributed by atoms with E-state index < -0.39 is 48.1 Å². The molecule has 5 atom stereocenters. The Labute approximate surface area is 258 Å². The van der Waals surface area contributed by atoms with E-state index in [1.165, 1.54) is 0 Å². The van der Waals surface area contributed by atoms with Crippen LogP contribution < -0.4 is 0 Å². The van der Waals surface area contributed by atoms with Crippen LogP contribution in [0.1, 0.15) is 34.1 Å². The summed E-state index contributed by atoms with van der Waals surface area (Å²) in [7, 11) is -10.1. The van der Waals surface area contributed by atoms with Crippen LogP contribution in [-0.2, 0) is 36.0 Å². The van der Waals surface area contributed by atoms with Crippen molar-refractivity contribution in [2.45, 2.75) is 168 Å². The second kappa shape index (κ2) is 15.9. The van der Waals surface area contributed by atoms with Crippen molar-refractivity contribution in [3.05, 3.63) is 0 Å². The Morgan fingerprint density at radius 1 is 0.585 bits per heavy atom. The molecule has 1 unspecified atom stereocenters. The number of rotatable bonds is 18. The topological polar surface area (TPSA) is 73.8 Å². The largest absolute Gasteiger partial charge is 0.415 e. The number of hydrogen-bond acceptors (Lipinski definition) is 8. The summed E-state index contributed by atoms with van der Waals surface area (Å²) in [4.78, 5) is 0. The third-order valence-corrected chi connectivity index (χ3v) is 12.9. The van der Waals surface area contributed by atoms with Gasteiger partial charge in [-0.05, 0) is 125 Å². The Hall–Kier alpha value is 0.764. The van der Waals surface area contributed by atoms with Gasteiger partial charge in [0.15, 0.2) is 39.6 Å². The Balaban J connectivity index is 3.34. The van der Waals surface area contributed by atoms with Crippen LogP contribution in [0.2, 0.25) is 91.2 Å². The molecule has 0 aromatic carbocycles. The lowest BCUT2D eigenvalue weighted by Gasteiger charge is -2.50. The van der Waals surface area contributed by atoms with Gasteiger partial charge in [0.1, 0.15) is 24.4 Å². The second-order valence-corrected chi connectivity index (χ2v) is 37.1. The van der Waals surface area contributed by atoms with Gasteiger partial charge in [-0.25, -0.2) is 0 Å². The van der Waals surface area contributed by atoms with E-state index in [0.717, 1.165) is 12.5 Å². The van der Waals surface area contributed by atoms with Crippen molar-refractivity contribution in [2.24, 2.45) is 0 Å². The van der Waals surface area contributed by atoms with Crippen molar-refractivity contribution in [1.29, 1.82) is 0 Å². The normalized spacial score (nSPS) is 25.4. The molecule has 1 fully saturated rings. The predicted octanol–water partition coefficient (Wildman–Crippen LogP) is 7.55. The molecule has 1 heterocycles. The quantitative estimate of drug-likeness (QED) is 0.109. The highest BCUT2D eigenvalue weighted by Crippen LogP contribution is 2.35. The molecule has 0 saturated carbocycles. The minimum Gasteiger partial charge on any atom is -0.415 e. The van der Waals surface area contributed by atoms with E-state index in [4.69, 9.17) is 36.0 Å². The van der Waals surface area contributed by atoms with Crippen LogP contribution in [0.4, 0.5) is 0 Å². The Morgan fingerprint density at radius 2 is 1.02 bits per heavy atom. The van der Waals surface area contributed by atoms with Gasteiger partial charge in [-0.15, -0.1) is 0 Å². The van der Waals surface area contributed by atoms with Gasteiger partial charge in [-0.2, -0.15) is 0 Å². The van der Waals surface area contributed by atoms with Crippen LogP contribution in [0.5, 0.6) is 0 Å². The van der Waals surface area contributed by atoms with Crippen molar-refractivity contribution in [2.75, 3.05) is 13.2 Å². The van der Waals surface area contributed by atoms with Crippen molar-refractivity contribution in [3.8, 4) is 0 Å².